The minimum atomic E-state index is -3.84. The van der Waals surface area contributed by atoms with Crippen LogP contribution < -0.4 is 10.5 Å². The number of benzene rings is 1. The summed E-state index contributed by atoms with van der Waals surface area (Å²) in [6.07, 6.45) is 1.39. The minimum absolute atomic E-state index is 0.171. The molecule has 1 aromatic carbocycles. The fourth-order valence-electron chi connectivity index (χ4n) is 1.59. The molecule has 0 amide bonds. The lowest BCUT2D eigenvalue weighted by atomic mass is 10.0. The summed E-state index contributed by atoms with van der Waals surface area (Å²) in [7, 11) is -2.03. The number of rotatable bonds is 5. The first kappa shape index (κ1) is 14.1. The van der Waals surface area contributed by atoms with Crippen LogP contribution in [-0.2, 0) is 16.4 Å². The average Bonchev–Trinajstić information content (AvgIpc) is 2.26. The second-order valence-electron chi connectivity index (χ2n) is 3.90. The van der Waals surface area contributed by atoms with Gasteiger partial charge in [-0.1, -0.05) is 13.0 Å². The van der Waals surface area contributed by atoms with Gasteiger partial charge in [0.2, 0.25) is 10.0 Å². The van der Waals surface area contributed by atoms with Gasteiger partial charge in [-0.25, -0.2) is 17.9 Å². The van der Waals surface area contributed by atoms with E-state index in [1.807, 2.05) is 14.0 Å². The molecule has 0 saturated heterocycles. The van der Waals surface area contributed by atoms with Crippen LogP contribution in [0.5, 0.6) is 0 Å². The fraction of sp³-hybridized carbons (Fsp3) is 0.455. The molecule has 0 bridgehead atoms. The maximum atomic E-state index is 13.7. The smallest absolute Gasteiger partial charge is 0.238 e. The number of nitrogens with one attached hydrogen (secondary N) is 1. The van der Waals surface area contributed by atoms with Crippen molar-refractivity contribution in [3.8, 4) is 0 Å². The molecular weight excluding hydrogens is 243 g/mol. The highest BCUT2D eigenvalue weighted by Crippen LogP contribution is 2.15. The molecule has 0 aliphatic heterocycles. The molecule has 0 radical (unpaired) electrons. The highest BCUT2D eigenvalue weighted by molar-refractivity contribution is 7.89. The number of nitrogens with two attached hydrogens (primary N) is 1. The standard InChI is InChI=1S/C11H17FN2O2S/c1-3-9(14-2)6-8-4-5-10(7-11(8)12)17(13,15)16/h4-5,7,9,14H,3,6H2,1-2H3,(H2,13,15,16). The number of halogens is 1. The van der Waals surface area contributed by atoms with Crippen LogP contribution >= 0.6 is 0 Å². The lowest BCUT2D eigenvalue weighted by Crippen LogP contribution is -2.27. The number of hydrogen-bond donors (Lipinski definition) is 2. The molecule has 0 fully saturated rings. The third kappa shape index (κ3) is 3.76. The Kier molecular flexibility index (Phi) is 4.62. The quantitative estimate of drug-likeness (QED) is 0.830. The summed E-state index contributed by atoms with van der Waals surface area (Å²) in [4.78, 5) is -0.198. The SMILES string of the molecule is CCC(Cc1ccc(S(N)(=O)=O)cc1F)NC. The van der Waals surface area contributed by atoms with Gasteiger partial charge in [0.05, 0.1) is 4.90 Å². The maximum Gasteiger partial charge on any atom is 0.238 e. The van der Waals surface area contributed by atoms with Crippen molar-refractivity contribution in [3.05, 3.63) is 29.6 Å². The highest BCUT2D eigenvalue weighted by atomic mass is 32.2. The topological polar surface area (TPSA) is 72.2 Å². The number of likely N-dealkylation sites (N-methyl/N-ethyl adjacent to an activating group) is 1. The van der Waals surface area contributed by atoms with E-state index >= 15 is 0 Å². The third-order valence-corrected chi connectivity index (χ3v) is 3.63. The molecule has 17 heavy (non-hydrogen) atoms. The Morgan fingerprint density at radius 2 is 2.12 bits per heavy atom. The van der Waals surface area contributed by atoms with Crippen LogP contribution in [0.2, 0.25) is 0 Å². The minimum Gasteiger partial charge on any atom is -0.317 e. The van der Waals surface area contributed by atoms with Crippen LogP contribution in [0.15, 0.2) is 23.1 Å². The third-order valence-electron chi connectivity index (χ3n) is 2.72. The molecule has 1 unspecified atom stereocenters. The lowest BCUT2D eigenvalue weighted by Gasteiger charge is -2.14. The van der Waals surface area contributed by atoms with E-state index in [1.54, 1.807) is 0 Å². The molecule has 1 rings (SSSR count). The second kappa shape index (κ2) is 5.57. The van der Waals surface area contributed by atoms with Crippen LogP contribution in [0.4, 0.5) is 4.39 Å². The molecule has 3 N–H and O–H groups in total. The van der Waals surface area contributed by atoms with Gasteiger partial charge in [0, 0.05) is 6.04 Å². The molecule has 0 aliphatic carbocycles. The first-order chi connectivity index (χ1) is 7.88. The number of primary sulfonamides is 1. The van der Waals surface area contributed by atoms with E-state index in [0.717, 1.165) is 12.5 Å². The zero-order valence-electron chi connectivity index (χ0n) is 9.90. The van der Waals surface area contributed by atoms with Crippen LogP contribution in [-0.4, -0.2) is 21.5 Å². The molecule has 0 spiro atoms. The van der Waals surface area contributed by atoms with Gasteiger partial charge >= 0.3 is 0 Å². The Morgan fingerprint density at radius 3 is 2.53 bits per heavy atom. The predicted molar refractivity (Wildman–Crippen MR) is 64.6 cm³/mol. The highest BCUT2D eigenvalue weighted by Gasteiger charge is 2.13. The summed E-state index contributed by atoms with van der Waals surface area (Å²) in [6, 6.07) is 3.93. The molecule has 1 aromatic rings. The number of hydrogen-bond acceptors (Lipinski definition) is 3. The van der Waals surface area contributed by atoms with Crippen molar-refractivity contribution in [3.63, 3.8) is 0 Å². The molecule has 1 atom stereocenters. The predicted octanol–water partition coefficient (Wildman–Crippen LogP) is 1.01. The first-order valence-corrected chi connectivity index (χ1v) is 6.91. The normalized spacial score (nSPS) is 13.6. The largest absolute Gasteiger partial charge is 0.317 e. The van der Waals surface area contributed by atoms with Crippen LogP contribution in [0, 0.1) is 5.82 Å². The van der Waals surface area contributed by atoms with E-state index in [0.29, 0.717) is 12.0 Å². The van der Waals surface area contributed by atoms with E-state index < -0.39 is 15.8 Å². The van der Waals surface area contributed by atoms with Gasteiger partial charge in [0.1, 0.15) is 5.82 Å². The van der Waals surface area contributed by atoms with Gasteiger partial charge in [-0.2, -0.15) is 0 Å². The summed E-state index contributed by atoms with van der Waals surface area (Å²) in [5.41, 5.74) is 0.485. The molecule has 0 aliphatic rings. The average molecular weight is 260 g/mol. The monoisotopic (exact) mass is 260 g/mol. The van der Waals surface area contributed by atoms with Gasteiger partial charge in [-0.15, -0.1) is 0 Å². The summed E-state index contributed by atoms with van der Waals surface area (Å²) in [5.74, 6) is -0.537. The van der Waals surface area contributed by atoms with Crippen LogP contribution in [0.25, 0.3) is 0 Å². The van der Waals surface area contributed by atoms with Crippen molar-refractivity contribution < 1.29 is 12.8 Å². The zero-order chi connectivity index (χ0) is 13.1. The fourth-order valence-corrected chi connectivity index (χ4v) is 2.11. The second-order valence-corrected chi connectivity index (χ2v) is 5.46. The zero-order valence-corrected chi connectivity index (χ0v) is 10.7. The Balaban J connectivity index is 2.98. The summed E-state index contributed by atoms with van der Waals surface area (Å²) >= 11 is 0. The lowest BCUT2D eigenvalue weighted by molar-refractivity contribution is 0.521. The van der Waals surface area contributed by atoms with Crippen molar-refractivity contribution >= 4 is 10.0 Å². The van der Waals surface area contributed by atoms with Crippen molar-refractivity contribution in [1.82, 2.24) is 5.32 Å². The summed E-state index contributed by atoms with van der Waals surface area (Å²) in [6.45, 7) is 2.00. The van der Waals surface area contributed by atoms with E-state index in [-0.39, 0.29) is 10.9 Å². The van der Waals surface area contributed by atoms with Gasteiger partial charge < -0.3 is 5.32 Å². The molecular formula is C11H17FN2O2S. The van der Waals surface area contributed by atoms with E-state index in [9.17, 15) is 12.8 Å². The van der Waals surface area contributed by atoms with Gasteiger partial charge in [0.25, 0.3) is 0 Å². The molecule has 0 saturated carbocycles. The van der Waals surface area contributed by atoms with E-state index in [2.05, 4.69) is 5.32 Å². The number of sulfonamides is 1. The van der Waals surface area contributed by atoms with Crippen molar-refractivity contribution in [2.45, 2.75) is 30.7 Å². The van der Waals surface area contributed by atoms with Gasteiger partial charge in [-0.3, -0.25) is 0 Å². The molecule has 96 valence electrons. The van der Waals surface area contributed by atoms with Gasteiger partial charge in [0.15, 0.2) is 0 Å². The Hall–Kier alpha value is -0.980. The Bertz CT molecular complexity index is 484. The molecule has 0 heterocycles. The first-order valence-electron chi connectivity index (χ1n) is 5.37. The van der Waals surface area contributed by atoms with Gasteiger partial charge in [-0.05, 0) is 37.6 Å². The summed E-state index contributed by atoms with van der Waals surface area (Å²) < 4.78 is 35.7. The van der Waals surface area contributed by atoms with Crippen LogP contribution in [0.1, 0.15) is 18.9 Å². The summed E-state index contributed by atoms with van der Waals surface area (Å²) in [5, 5.41) is 7.99. The van der Waals surface area contributed by atoms with E-state index in [4.69, 9.17) is 5.14 Å². The van der Waals surface area contributed by atoms with Crippen molar-refractivity contribution in [1.29, 1.82) is 0 Å². The molecule has 0 aromatic heterocycles. The van der Waals surface area contributed by atoms with Crippen molar-refractivity contribution in [2.24, 2.45) is 5.14 Å². The van der Waals surface area contributed by atoms with Crippen molar-refractivity contribution in [2.75, 3.05) is 7.05 Å². The maximum absolute atomic E-state index is 13.7. The van der Waals surface area contributed by atoms with E-state index in [1.165, 1.54) is 12.1 Å². The van der Waals surface area contributed by atoms with Crippen LogP contribution in [0.3, 0.4) is 0 Å². The Morgan fingerprint density at radius 1 is 1.47 bits per heavy atom. The molecule has 6 heteroatoms. The Labute approximate surface area is 101 Å². The molecule has 4 nitrogen and oxygen atoms in total.